The van der Waals surface area contributed by atoms with E-state index in [1.54, 1.807) is 7.11 Å². The minimum absolute atomic E-state index is 0. The third kappa shape index (κ3) is 159. The molecule has 0 aromatic heterocycles. The lowest BCUT2D eigenvalue weighted by Gasteiger charge is -2.20. The van der Waals surface area contributed by atoms with Crippen LogP contribution in [0.25, 0.3) is 0 Å². The van der Waals surface area contributed by atoms with Crippen molar-refractivity contribution in [3.8, 4) is 0 Å². The van der Waals surface area contributed by atoms with Crippen LogP contribution in [-0.4, -0.2) is 564 Å². The van der Waals surface area contributed by atoms with Gasteiger partial charge in [-0.3, -0.25) is 0 Å². The summed E-state index contributed by atoms with van der Waals surface area (Å²) in [5.41, 5.74) is 0. The molecule has 0 aromatic rings. The largest absolute Gasteiger partial charge is 1.00 e. The highest BCUT2D eigenvalue weighted by molar-refractivity contribution is 4.53. The van der Waals surface area contributed by atoms with Gasteiger partial charge in [0.25, 0.3) is 0 Å². The van der Waals surface area contributed by atoms with Gasteiger partial charge in [-0.1, -0.05) is 13.5 Å². The van der Waals surface area contributed by atoms with Gasteiger partial charge in [-0.2, -0.15) is 0 Å². The number of hydrogen-bond donors (Lipinski definition) is 2. The van der Waals surface area contributed by atoms with Crippen molar-refractivity contribution in [3.05, 3.63) is 12.8 Å². The van der Waals surface area contributed by atoms with E-state index in [9.17, 15) is 5.11 Å². The fourth-order valence-electron chi connectivity index (χ4n) is 11.4. The van der Waals surface area contributed by atoms with Crippen LogP contribution < -0.4 is 12.4 Å². The molecule has 1 unspecified atom stereocenters. The number of halogens is 1. The maximum atomic E-state index is 9.42. The first-order chi connectivity index (χ1) is 73.8. The van der Waals surface area contributed by atoms with E-state index in [4.69, 9.17) is 190 Å². The van der Waals surface area contributed by atoms with Crippen LogP contribution in [0.4, 0.5) is 0 Å². The van der Waals surface area contributed by atoms with Crippen LogP contribution in [0.15, 0.2) is 12.8 Å². The predicted octanol–water partition coefficient (Wildman–Crippen LogP) is 6.85. The molecule has 0 saturated carbocycles. The number of nitrogens with zero attached hydrogens (tertiary/aromatic N) is 1. The van der Waals surface area contributed by atoms with Crippen LogP contribution >= 0.6 is 0 Å². The van der Waals surface area contributed by atoms with Gasteiger partial charge in [0.2, 0.25) is 0 Å². The van der Waals surface area contributed by atoms with E-state index < -0.39 is 6.10 Å². The highest BCUT2D eigenvalue weighted by atomic mass is 35.5. The summed E-state index contributed by atoms with van der Waals surface area (Å²) in [6.45, 7) is 53.4. The number of aliphatic hydroxyl groups is 2. The normalized spacial score (nSPS) is 11.9. The molecular formula is C107H220ClNO41. The zero-order valence-electron chi connectivity index (χ0n) is 94.8. The van der Waals surface area contributed by atoms with E-state index in [2.05, 4.69) is 34.6 Å². The first kappa shape index (κ1) is 154. The minimum atomic E-state index is -0.415. The molecule has 0 aromatic carbocycles. The fraction of sp³-hybridized carbons (Fsp3) is 0.981. The Hall–Kier alpha value is -1.81. The van der Waals surface area contributed by atoms with E-state index >= 15 is 0 Å². The summed E-state index contributed by atoms with van der Waals surface area (Å²) in [4.78, 5) is 0. The van der Waals surface area contributed by atoms with E-state index in [-0.39, 0.29) is 12.4 Å². The zero-order valence-corrected chi connectivity index (χ0v) is 95.6. The van der Waals surface area contributed by atoms with Crippen molar-refractivity contribution in [2.45, 2.75) is 148 Å². The second-order valence-corrected chi connectivity index (χ2v) is 34.3. The Morgan fingerprint density at radius 1 is 0.167 bits per heavy atom. The van der Waals surface area contributed by atoms with Gasteiger partial charge < -0.3 is 212 Å². The summed E-state index contributed by atoms with van der Waals surface area (Å²) in [7, 11) is 8.25. The molecule has 906 valence electrons. The van der Waals surface area contributed by atoms with Gasteiger partial charge in [-0.15, -0.1) is 0 Å². The van der Waals surface area contributed by atoms with Gasteiger partial charge in [0.15, 0.2) is 0 Å². The number of quaternary nitrogens is 1. The molecular weight excluding hydrogens is 1990 g/mol. The van der Waals surface area contributed by atoms with Gasteiger partial charge in [0, 0.05) is 258 Å². The van der Waals surface area contributed by atoms with Gasteiger partial charge in [0.05, 0.1) is 298 Å². The molecule has 0 radical (unpaired) electrons. The standard InChI is InChI=1S/C100H202O40.C5H14N.C2H4O.ClH/c1-3-100(101)99-140-98-97-139-96-95-138-94-93-137-92-91-136-90-89-135-88-87-134-86-85-133-84-83-132-82-81-131-80-79-130-78-77-129-76-75-128-74-73-127-72-71-126-70-69-125-68-67-124-66-65-123-64-63-122-62-61-121-60-22-59-120-58-21-57-119-56-20-55-118-54-19-53-117-52-18-51-116-50-17-49-115-48-16-47-114-46-15-45-113-44-14-43-112-42-13-41-111-40-12-39-110-38-11-37-109-36-10-35-108-34-9-33-107-32-8-31-106-30-7-29-105-28-6-27-104-26-5-25-103-24-4-23-102-2;1-5-6(2,3)4;1-2-3;/h100-101H,3-99H2,1-2H3;5H2,1-4H3;2-3H,1H2;1H/q;+1;;/p-1. The average molecular weight is 2210 g/mol. The lowest BCUT2D eigenvalue weighted by molar-refractivity contribution is -0.868. The second-order valence-electron chi connectivity index (χ2n) is 34.3. The molecule has 0 saturated heterocycles. The molecule has 0 heterocycles. The SMILES string of the molecule is C=CO.CCC(O)COCCOCCOCCOCCOCCOCCOCCOCCOCCOCCOCCOCCOCCOCCOCCOCCOCCOCCOCCOCCCOCCCOCCCOCCCOCCCOCCCOCCCOCCCOCCCOCCCOCCCOCCCOCCCOCCCOCCCOCCCOCCCOCCCOCCCOC.CC[N+](C)(C)C.[Cl-]. The highest BCUT2D eigenvalue weighted by Gasteiger charge is 2.08. The Morgan fingerprint density at radius 2 is 0.240 bits per heavy atom. The topological polar surface area (TPSA) is 400 Å². The van der Waals surface area contributed by atoms with E-state index in [0.29, 0.717) is 482 Å². The van der Waals surface area contributed by atoms with Crippen molar-refractivity contribution in [2.24, 2.45) is 0 Å². The van der Waals surface area contributed by atoms with E-state index in [1.165, 1.54) is 6.54 Å². The van der Waals surface area contributed by atoms with Crippen molar-refractivity contribution in [2.75, 3.05) is 544 Å². The van der Waals surface area contributed by atoms with Gasteiger partial charge >= 0.3 is 0 Å². The first-order valence-corrected chi connectivity index (χ1v) is 55.9. The second kappa shape index (κ2) is 149. The van der Waals surface area contributed by atoms with Crippen LogP contribution in [-0.2, 0) is 185 Å². The number of methoxy groups -OCH3 is 1. The number of hydrogen-bond acceptors (Lipinski definition) is 41. The van der Waals surface area contributed by atoms with Crippen molar-refractivity contribution in [1.29, 1.82) is 0 Å². The smallest absolute Gasteiger partial charge is 0.0771 e. The predicted molar refractivity (Wildman–Crippen MR) is 568 cm³/mol. The fourth-order valence-corrected chi connectivity index (χ4v) is 11.4. The Morgan fingerprint density at radius 3 is 0.320 bits per heavy atom. The molecule has 0 spiro atoms. The van der Waals surface area contributed by atoms with Crippen LogP contribution in [0.3, 0.4) is 0 Å². The summed E-state index contributed by atoms with van der Waals surface area (Å²) in [6, 6.07) is 0. The summed E-state index contributed by atoms with van der Waals surface area (Å²) >= 11 is 0. The van der Waals surface area contributed by atoms with Crippen molar-refractivity contribution >= 4 is 0 Å². The van der Waals surface area contributed by atoms with E-state index in [1.807, 2.05) is 6.92 Å². The summed E-state index contributed by atoms with van der Waals surface area (Å²) in [5.74, 6) is 0. The molecule has 0 aliphatic carbocycles. The molecule has 0 aliphatic heterocycles. The Balaban J connectivity index is -0.0000102. The highest BCUT2D eigenvalue weighted by Crippen LogP contribution is 2.04. The lowest BCUT2D eigenvalue weighted by atomic mass is 10.3. The summed E-state index contributed by atoms with van der Waals surface area (Å²) in [5, 5.41) is 16.8. The van der Waals surface area contributed by atoms with Crippen LogP contribution in [0, 0.1) is 0 Å². The van der Waals surface area contributed by atoms with Crippen LogP contribution in [0.5, 0.6) is 0 Å². The van der Waals surface area contributed by atoms with Crippen LogP contribution in [0.2, 0.25) is 0 Å². The molecule has 0 bridgehead atoms. The third-order valence-electron chi connectivity index (χ3n) is 19.8. The van der Waals surface area contributed by atoms with Crippen molar-refractivity contribution in [1.82, 2.24) is 0 Å². The number of aliphatic hydroxyl groups excluding tert-OH is 2. The quantitative estimate of drug-likeness (QED) is 0.0357. The van der Waals surface area contributed by atoms with Crippen LogP contribution in [0.1, 0.15) is 142 Å². The number of ether oxygens (including phenoxy) is 39. The molecule has 0 aliphatic rings. The lowest BCUT2D eigenvalue weighted by Crippen LogP contribution is -3.00. The molecule has 43 heteroatoms. The Kier molecular flexibility index (Phi) is 154. The zero-order chi connectivity index (χ0) is 108. The van der Waals surface area contributed by atoms with Gasteiger partial charge in [-0.05, 0) is 135 Å². The molecule has 0 amide bonds. The van der Waals surface area contributed by atoms with Crippen molar-refractivity contribution in [3.63, 3.8) is 0 Å². The Bertz CT molecular complexity index is 2090. The van der Waals surface area contributed by atoms with E-state index in [0.717, 1.165) is 166 Å². The Labute approximate surface area is 912 Å². The monoisotopic (exact) mass is 2210 g/mol. The maximum absolute atomic E-state index is 9.42. The molecule has 150 heavy (non-hydrogen) atoms. The molecule has 0 fully saturated rings. The number of rotatable bonds is 137. The van der Waals surface area contributed by atoms with Gasteiger partial charge in [0.1, 0.15) is 0 Å². The molecule has 42 nitrogen and oxygen atoms in total. The van der Waals surface area contributed by atoms with Gasteiger partial charge in [-0.25, -0.2) is 0 Å². The maximum Gasteiger partial charge on any atom is 0.0771 e. The molecule has 1 atom stereocenters. The molecule has 2 N–H and O–H groups in total. The molecule has 0 rings (SSSR count). The average Bonchev–Trinajstić information content (AvgIpc) is 1.03. The summed E-state index contributed by atoms with van der Waals surface area (Å²) < 4.78 is 219. The van der Waals surface area contributed by atoms with Crippen molar-refractivity contribution < 1.29 is 212 Å². The first-order valence-electron chi connectivity index (χ1n) is 55.9. The summed E-state index contributed by atoms with van der Waals surface area (Å²) in [6.07, 6.45) is 17.8. The minimum Gasteiger partial charge on any atom is -1.00 e. The third-order valence-corrected chi connectivity index (χ3v) is 19.8.